The summed E-state index contributed by atoms with van der Waals surface area (Å²) in [5.74, 6) is -0.182. The summed E-state index contributed by atoms with van der Waals surface area (Å²) in [5.41, 5.74) is 7.28. The lowest BCUT2D eigenvalue weighted by atomic mass is 10.1. The van der Waals surface area contributed by atoms with Crippen molar-refractivity contribution >= 4 is 0 Å². The molecule has 20 heavy (non-hydrogen) atoms. The third-order valence-electron chi connectivity index (χ3n) is 2.97. The monoisotopic (exact) mass is 278 g/mol. The van der Waals surface area contributed by atoms with Gasteiger partial charge in [-0.15, -0.1) is 5.10 Å². The Balaban J connectivity index is 2.21. The number of ether oxygens (including phenoxy) is 1. The number of hydrogen-bond acceptors (Lipinski definition) is 4. The van der Waals surface area contributed by atoms with Crippen molar-refractivity contribution < 1.29 is 9.13 Å². The standard InChI is InChI=1S/C14H19FN4O/c1-3-5-12(16)13-9-19(18-17-13)10-6-7-14(20-4-2)11(15)8-10/h6-9,12H,3-5,16H2,1-2H3. The highest BCUT2D eigenvalue weighted by Crippen LogP contribution is 2.21. The molecule has 2 N–H and O–H groups in total. The van der Waals surface area contributed by atoms with Crippen molar-refractivity contribution in [3.8, 4) is 11.4 Å². The van der Waals surface area contributed by atoms with Crippen LogP contribution in [-0.2, 0) is 0 Å². The Morgan fingerprint density at radius 1 is 1.40 bits per heavy atom. The smallest absolute Gasteiger partial charge is 0.167 e. The first kappa shape index (κ1) is 14.5. The largest absolute Gasteiger partial charge is 0.491 e. The van der Waals surface area contributed by atoms with E-state index in [1.807, 2.05) is 6.92 Å². The molecule has 2 aromatic rings. The Labute approximate surface area is 117 Å². The third kappa shape index (κ3) is 3.14. The van der Waals surface area contributed by atoms with Gasteiger partial charge in [-0.25, -0.2) is 9.07 Å². The van der Waals surface area contributed by atoms with Crippen LogP contribution in [0.4, 0.5) is 4.39 Å². The zero-order chi connectivity index (χ0) is 14.5. The van der Waals surface area contributed by atoms with Crippen molar-refractivity contribution in [3.63, 3.8) is 0 Å². The van der Waals surface area contributed by atoms with E-state index in [0.717, 1.165) is 12.8 Å². The molecule has 1 unspecified atom stereocenters. The number of halogens is 1. The van der Waals surface area contributed by atoms with Gasteiger partial charge in [-0.1, -0.05) is 18.6 Å². The van der Waals surface area contributed by atoms with E-state index in [4.69, 9.17) is 10.5 Å². The molecule has 0 amide bonds. The molecule has 0 aliphatic rings. The summed E-state index contributed by atoms with van der Waals surface area (Å²) in [5, 5.41) is 8.02. The van der Waals surface area contributed by atoms with Gasteiger partial charge in [-0.3, -0.25) is 0 Å². The lowest BCUT2D eigenvalue weighted by Gasteiger charge is -2.06. The molecule has 0 spiro atoms. The molecule has 0 aliphatic carbocycles. The Morgan fingerprint density at radius 2 is 2.20 bits per heavy atom. The molecule has 1 atom stereocenters. The molecule has 1 aromatic carbocycles. The molecule has 0 saturated carbocycles. The van der Waals surface area contributed by atoms with Crippen LogP contribution in [0.3, 0.4) is 0 Å². The SMILES string of the molecule is CCCC(N)c1cn(-c2ccc(OCC)c(F)c2)nn1. The second kappa shape index (κ2) is 6.47. The third-order valence-corrected chi connectivity index (χ3v) is 2.97. The van der Waals surface area contributed by atoms with Crippen molar-refractivity contribution in [3.05, 3.63) is 35.9 Å². The average molecular weight is 278 g/mol. The maximum absolute atomic E-state index is 13.8. The van der Waals surface area contributed by atoms with Crippen LogP contribution in [0.1, 0.15) is 38.4 Å². The Bertz CT molecular complexity index is 570. The number of aromatic nitrogens is 3. The number of nitrogens with zero attached hydrogens (tertiary/aromatic N) is 3. The molecule has 0 bridgehead atoms. The Kier molecular flexibility index (Phi) is 4.68. The van der Waals surface area contributed by atoms with Crippen molar-refractivity contribution in [2.75, 3.05) is 6.61 Å². The van der Waals surface area contributed by atoms with E-state index in [9.17, 15) is 4.39 Å². The topological polar surface area (TPSA) is 66.0 Å². The van der Waals surface area contributed by atoms with Gasteiger partial charge in [0.25, 0.3) is 0 Å². The van der Waals surface area contributed by atoms with E-state index in [1.54, 1.807) is 18.3 Å². The lowest BCUT2D eigenvalue weighted by molar-refractivity contribution is 0.321. The van der Waals surface area contributed by atoms with Crippen LogP contribution in [0.5, 0.6) is 5.75 Å². The van der Waals surface area contributed by atoms with E-state index < -0.39 is 5.82 Å². The molecular weight excluding hydrogens is 259 g/mol. The van der Waals surface area contributed by atoms with Crippen LogP contribution >= 0.6 is 0 Å². The van der Waals surface area contributed by atoms with Gasteiger partial charge in [0.05, 0.1) is 30.2 Å². The zero-order valence-electron chi connectivity index (χ0n) is 11.7. The van der Waals surface area contributed by atoms with Crippen molar-refractivity contribution in [2.45, 2.75) is 32.7 Å². The van der Waals surface area contributed by atoms with E-state index in [2.05, 4.69) is 17.2 Å². The van der Waals surface area contributed by atoms with Gasteiger partial charge in [0.1, 0.15) is 0 Å². The Hall–Kier alpha value is -1.95. The van der Waals surface area contributed by atoms with Gasteiger partial charge >= 0.3 is 0 Å². The summed E-state index contributed by atoms with van der Waals surface area (Å²) in [6, 6.07) is 4.55. The quantitative estimate of drug-likeness (QED) is 0.882. The number of rotatable bonds is 6. The van der Waals surface area contributed by atoms with Crippen LogP contribution in [0, 0.1) is 5.82 Å². The van der Waals surface area contributed by atoms with Crippen LogP contribution in [0.25, 0.3) is 5.69 Å². The van der Waals surface area contributed by atoms with Gasteiger partial charge in [0.2, 0.25) is 0 Å². The molecule has 0 aliphatic heterocycles. The van der Waals surface area contributed by atoms with Crippen molar-refractivity contribution in [2.24, 2.45) is 5.73 Å². The number of nitrogens with two attached hydrogens (primary N) is 1. The second-order valence-electron chi connectivity index (χ2n) is 4.53. The van der Waals surface area contributed by atoms with Gasteiger partial charge in [-0.2, -0.15) is 0 Å². The van der Waals surface area contributed by atoms with E-state index in [1.165, 1.54) is 10.7 Å². The molecule has 108 valence electrons. The summed E-state index contributed by atoms with van der Waals surface area (Å²) in [6.07, 6.45) is 3.55. The predicted octanol–water partition coefficient (Wildman–Crippen LogP) is 2.61. The molecule has 0 radical (unpaired) electrons. The fourth-order valence-corrected chi connectivity index (χ4v) is 1.94. The van der Waals surface area contributed by atoms with E-state index >= 15 is 0 Å². The first-order chi connectivity index (χ1) is 9.65. The maximum atomic E-state index is 13.8. The molecule has 0 saturated heterocycles. The minimum absolute atomic E-state index is 0.138. The molecule has 6 heteroatoms. The minimum atomic E-state index is -0.417. The highest BCUT2D eigenvalue weighted by molar-refractivity contribution is 5.38. The fraction of sp³-hybridized carbons (Fsp3) is 0.429. The fourth-order valence-electron chi connectivity index (χ4n) is 1.94. The van der Waals surface area contributed by atoms with Crippen molar-refractivity contribution in [1.29, 1.82) is 0 Å². The van der Waals surface area contributed by atoms with Crippen LogP contribution < -0.4 is 10.5 Å². The highest BCUT2D eigenvalue weighted by Gasteiger charge is 2.12. The predicted molar refractivity (Wildman–Crippen MR) is 74.3 cm³/mol. The minimum Gasteiger partial charge on any atom is -0.491 e. The molecule has 0 fully saturated rings. The summed E-state index contributed by atoms with van der Waals surface area (Å²) < 4.78 is 20.5. The molecule has 2 rings (SSSR count). The van der Waals surface area contributed by atoms with Gasteiger partial charge in [0, 0.05) is 6.07 Å². The van der Waals surface area contributed by atoms with Gasteiger partial charge in [0.15, 0.2) is 11.6 Å². The first-order valence-electron chi connectivity index (χ1n) is 6.76. The number of hydrogen-bond donors (Lipinski definition) is 1. The van der Waals surface area contributed by atoms with E-state index in [0.29, 0.717) is 18.0 Å². The zero-order valence-corrected chi connectivity index (χ0v) is 11.7. The first-order valence-corrected chi connectivity index (χ1v) is 6.76. The van der Waals surface area contributed by atoms with Crippen LogP contribution in [0.2, 0.25) is 0 Å². The molecule has 1 aromatic heterocycles. The van der Waals surface area contributed by atoms with Crippen molar-refractivity contribution in [1.82, 2.24) is 15.0 Å². The normalized spacial score (nSPS) is 12.4. The summed E-state index contributed by atoms with van der Waals surface area (Å²) >= 11 is 0. The highest BCUT2D eigenvalue weighted by atomic mass is 19.1. The summed E-state index contributed by atoms with van der Waals surface area (Å²) in [6.45, 7) is 4.30. The average Bonchev–Trinajstić information content (AvgIpc) is 2.91. The number of benzene rings is 1. The molecule has 1 heterocycles. The van der Waals surface area contributed by atoms with Crippen LogP contribution in [0.15, 0.2) is 24.4 Å². The summed E-state index contributed by atoms with van der Waals surface area (Å²) in [4.78, 5) is 0. The van der Waals surface area contributed by atoms with E-state index in [-0.39, 0.29) is 11.8 Å². The maximum Gasteiger partial charge on any atom is 0.167 e. The summed E-state index contributed by atoms with van der Waals surface area (Å²) in [7, 11) is 0. The van der Waals surface area contributed by atoms with Gasteiger partial charge in [-0.05, 0) is 25.5 Å². The van der Waals surface area contributed by atoms with Crippen LogP contribution in [-0.4, -0.2) is 21.6 Å². The Morgan fingerprint density at radius 3 is 2.85 bits per heavy atom. The molecular formula is C14H19FN4O. The van der Waals surface area contributed by atoms with Gasteiger partial charge < -0.3 is 10.5 Å². The second-order valence-corrected chi connectivity index (χ2v) is 4.53. The molecule has 5 nitrogen and oxygen atoms in total. The lowest BCUT2D eigenvalue weighted by Crippen LogP contribution is -2.10.